The molecule has 0 spiro atoms. The molecule has 4 nitrogen and oxygen atoms in total. The number of carbonyl (C=O) groups is 1. The number of hydrogen-bond donors (Lipinski definition) is 1. The van der Waals surface area contributed by atoms with Crippen molar-refractivity contribution < 1.29 is 26.4 Å². The zero-order chi connectivity index (χ0) is 19.4. The van der Waals surface area contributed by atoms with Gasteiger partial charge < -0.3 is 26.9 Å². The van der Waals surface area contributed by atoms with Gasteiger partial charge in [0.1, 0.15) is 6.54 Å². The van der Waals surface area contributed by atoms with Crippen LogP contribution in [0.1, 0.15) is 28.8 Å². The van der Waals surface area contributed by atoms with Crippen molar-refractivity contribution in [3.05, 3.63) is 63.6 Å². The molecule has 0 unspecified atom stereocenters. The van der Waals surface area contributed by atoms with Gasteiger partial charge in [-0.3, -0.25) is 4.79 Å². The molecule has 2 aromatic rings. The number of anilines is 1. The molecule has 1 amide bonds. The molecule has 1 aliphatic heterocycles. The molecular formula is C21H25Cl3N2O2. The van der Waals surface area contributed by atoms with E-state index in [2.05, 4.69) is 31.5 Å². The van der Waals surface area contributed by atoms with Gasteiger partial charge >= 0.3 is 0 Å². The lowest BCUT2D eigenvalue weighted by Crippen LogP contribution is -3.00. The van der Waals surface area contributed by atoms with E-state index < -0.39 is 0 Å². The maximum Gasteiger partial charge on any atom is 0.258 e. The Morgan fingerprint density at radius 3 is 2.21 bits per heavy atom. The van der Waals surface area contributed by atoms with E-state index in [1.807, 2.05) is 12.1 Å². The summed E-state index contributed by atoms with van der Waals surface area (Å²) in [5, 5.41) is 3.54. The first kappa shape index (κ1) is 23.0. The Balaban J connectivity index is 0.00000280. The molecular weight excluding hydrogens is 419 g/mol. The number of carbonyl (C=O) groups excluding carboxylic acids is 1. The van der Waals surface area contributed by atoms with Crippen LogP contribution < -0.4 is 17.7 Å². The third-order valence-corrected chi connectivity index (χ3v) is 5.80. The van der Waals surface area contributed by atoms with E-state index in [0.29, 0.717) is 21.7 Å². The number of hydrogen-bond acceptors (Lipinski definition) is 2. The van der Waals surface area contributed by atoms with Crippen molar-refractivity contribution in [1.82, 2.24) is 0 Å². The zero-order valence-electron chi connectivity index (χ0n) is 16.1. The summed E-state index contributed by atoms with van der Waals surface area (Å²) in [7, 11) is 4.54. The van der Waals surface area contributed by atoms with Gasteiger partial charge in [-0.25, -0.2) is 0 Å². The predicted molar refractivity (Wildman–Crippen MR) is 111 cm³/mol. The highest BCUT2D eigenvalue weighted by Crippen LogP contribution is 2.26. The van der Waals surface area contributed by atoms with E-state index in [1.54, 1.807) is 18.2 Å². The number of nitrogens with zero attached hydrogens (tertiary/aromatic N) is 1. The molecule has 1 fully saturated rings. The summed E-state index contributed by atoms with van der Waals surface area (Å²) in [6.45, 7) is 2.64. The van der Waals surface area contributed by atoms with Crippen LogP contribution >= 0.6 is 23.2 Å². The van der Waals surface area contributed by atoms with Gasteiger partial charge in [-0.15, -0.1) is 0 Å². The third-order valence-electron chi connectivity index (χ3n) is 5.17. The molecule has 0 radical (unpaired) electrons. The Labute approximate surface area is 182 Å². The molecule has 2 aromatic carbocycles. The van der Waals surface area contributed by atoms with Crippen molar-refractivity contribution in [1.29, 1.82) is 0 Å². The van der Waals surface area contributed by atoms with Crippen LogP contribution in [0, 0.1) is 0 Å². The lowest BCUT2D eigenvalue weighted by Gasteiger charge is -2.40. The number of halogens is 3. The highest BCUT2D eigenvalue weighted by Gasteiger charge is 2.30. The maximum atomic E-state index is 12.5. The van der Waals surface area contributed by atoms with Crippen LogP contribution in [0.4, 0.5) is 5.69 Å². The fourth-order valence-corrected chi connectivity index (χ4v) is 4.15. The van der Waals surface area contributed by atoms with Crippen LogP contribution in [-0.2, 0) is 11.3 Å². The first-order chi connectivity index (χ1) is 12.9. The fraction of sp³-hybridized carbons (Fsp3) is 0.381. The highest BCUT2D eigenvalue weighted by molar-refractivity contribution is 6.40. The number of benzene rings is 2. The first-order valence-corrected chi connectivity index (χ1v) is 9.87. The third kappa shape index (κ3) is 5.62. The Morgan fingerprint density at radius 2 is 1.64 bits per heavy atom. The zero-order valence-corrected chi connectivity index (χ0v) is 18.3. The number of rotatable bonds is 5. The second-order valence-electron chi connectivity index (χ2n) is 7.53. The summed E-state index contributed by atoms with van der Waals surface area (Å²) < 4.78 is 6.42. The minimum absolute atomic E-state index is 0. The molecule has 0 saturated carbocycles. The monoisotopic (exact) mass is 442 g/mol. The van der Waals surface area contributed by atoms with Crippen LogP contribution in [0.5, 0.6) is 0 Å². The molecule has 7 heteroatoms. The van der Waals surface area contributed by atoms with Crippen molar-refractivity contribution in [2.24, 2.45) is 0 Å². The molecule has 28 heavy (non-hydrogen) atoms. The van der Waals surface area contributed by atoms with Crippen molar-refractivity contribution in [2.45, 2.75) is 25.4 Å². The van der Waals surface area contributed by atoms with Crippen molar-refractivity contribution in [2.75, 3.05) is 32.6 Å². The van der Waals surface area contributed by atoms with Crippen molar-refractivity contribution in [3.63, 3.8) is 0 Å². The van der Waals surface area contributed by atoms with Crippen LogP contribution in [0.3, 0.4) is 0 Å². The Bertz CT molecular complexity index is 784. The van der Waals surface area contributed by atoms with Crippen LogP contribution in [0.15, 0.2) is 42.5 Å². The lowest BCUT2D eigenvalue weighted by atomic mass is 10.0. The maximum absolute atomic E-state index is 12.5. The summed E-state index contributed by atoms with van der Waals surface area (Å²) >= 11 is 12.2. The topological polar surface area (TPSA) is 38.3 Å². The second kappa shape index (κ2) is 9.95. The smallest absolute Gasteiger partial charge is 0.258 e. The number of ether oxygens (including phenoxy) is 1. The largest absolute Gasteiger partial charge is 1.00 e. The molecule has 0 atom stereocenters. The molecule has 0 aliphatic carbocycles. The van der Waals surface area contributed by atoms with E-state index >= 15 is 0 Å². The summed E-state index contributed by atoms with van der Waals surface area (Å²) in [6, 6.07) is 13.6. The Morgan fingerprint density at radius 1 is 1.07 bits per heavy atom. The SMILES string of the molecule is C[N+](C)(Cc1ccc(NC(=O)c2c(Cl)cccc2Cl)cc1)C1CCOCC1.[Cl-]. The molecule has 0 bridgehead atoms. The first-order valence-electron chi connectivity index (χ1n) is 9.11. The normalized spacial score (nSPS) is 15.0. The Kier molecular flexibility index (Phi) is 8.17. The van der Waals surface area contributed by atoms with Crippen LogP contribution in [0.2, 0.25) is 10.0 Å². The van der Waals surface area contributed by atoms with Gasteiger partial charge in [-0.2, -0.15) is 0 Å². The molecule has 3 rings (SSSR count). The molecule has 152 valence electrons. The summed E-state index contributed by atoms with van der Waals surface area (Å²) in [4.78, 5) is 12.5. The van der Waals surface area contributed by atoms with Gasteiger partial charge in [0.05, 0.1) is 49.0 Å². The molecule has 1 aliphatic rings. The van der Waals surface area contributed by atoms with Gasteiger partial charge in [0.2, 0.25) is 0 Å². The van der Waals surface area contributed by atoms with Gasteiger partial charge in [-0.1, -0.05) is 41.4 Å². The van der Waals surface area contributed by atoms with Gasteiger partial charge in [0.15, 0.2) is 0 Å². The lowest BCUT2D eigenvalue weighted by molar-refractivity contribution is -0.929. The summed E-state index contributed by atoms with van der Waals surface area (Å²) in [5.74, 6) is -0.309. The highest BCUT2D eigenvalue weighted by atomic mass is 35.5. The second-order valence-corrected chi connectivity index (χ2v) is 8.34. The number of amides is 1. The van der Waals surface area contributed by atoms with Crippen LogP contribution in [-0.4, -0.2) is 43.7 Å². The van der Waals surface area contributed by atoms with Gasteiger partial charge in [0, 0.05) is 24.1 Å². The van der Waals surface area contributed by atoms with Crippen molar-refractivity contribution in [3.8, 4) is 0 Å². The van der Waals surface area contributed by atoms with E-state index in [-0.39, 0.29) is 18.3 Å². The van der Waals surface area contributed by atoms with E-state index in [0.717, 1.165) is 42.8 Å². The number of quaternary nitrogens is 1. The van der Waals surface area contributed by atoms with Gasteiger partial charge in [0.25, 0.3) is 5.91 Å². The summed E-state index contributed by atoms with van der Waals surface area (Å²) in [5.41, 5.74) is 2.25. The van der Waals surface area contributed by atoms with E-state index in [4.69, 9.17) is 27.9 Å². The minimum Gasteiger partial charge on any atom is -1.00 e. The van der Waals surface area contributed by atoms with E-state index in [9.17, 15) is 4.79 Å². The molecule has 0 aromatic heterocycles. The molecule has 1 saturated heterocycles. The average molecular weight is 444 g/mol. The number of nitrogens with one attached hydrogen (secondary N) is 1. The quantitative estimate of drug-likeness (QED) is 0.718. The standard InChI is InChI=1S/C21H24Cl2N2O2.ClH/c1-25(2,17-10-12-27-13-11-17)14-15-6-8-16(9-7-15)24-21(26)20-18(22)4-3-5-19(20)23;/h3-9,17H,10-14H2,1-2H3;1H. The molecule has 1 heterocycles. The van der Waals surface area contributed by atoms with E-state index in [1.165, 1.54) is 5.56 Å². The van der Waals surface area contributed by atoms with Gasteiger partial charge in [-0.05, 0) is 24.3 Å². The van der Waals surface area contributed by atoms with Crippen molar-refractivity contribution >= 4 is 34.8 Å². The predicted octanol–water partition coefficient (Wildman–Crippen LogP) is 2.01. The average Bonchev–Trinajstić information content (AvgIpc) is 2.64. The Hall–Kier alpha value is -1.30. The fourth-order valence-electron chi connectivity index (χ4n) is 3.59. The molecule has 1 N–H and O–H groups in total. The minimum atomic E-state index is -0.309. The van der Waals surface area contributed by atoms with Crippen LogP contribution in [0.25, 0.3) is 0 Å². The summed E-state index contributed by atoms with van der Waals surface area (Å²) in [6.07, 6.45) is 2.19.